The Hall–Kier alpha value is -1.73. The van der Waals surface area contributed by atoms with Crippen LogP contribution in [0.15, 0.2) is 35.1 Å². The van der Waals surface area contributed by atoms with Crippen LogP contribution >= 0.6 is 15.9 Å². The van der Waals surface area contributed by atoms with Crippen LogP contribution in [0.1, 0.15) is 0 Å². The lowest BCUT2D eigenvalue weighted by molar-refractivity contribution is 0.627. The summed E-state index contributed by atoms with van der Waals surface area (Å²) in [5, 5.41) is 2.99. The fraction of sp³-hybridized carbons (Fsp3) is 0. The minimum absolute atomic E-state index is 0.314. The predicted molar refractivity (Wildman–Crippen MR) is 67.2 cm³/mol. The van der Waals surface area contributed by atoms with Gasteiger partial charge in [0.2, 0.25) is 0 Å². The summed E-state index contributed by atoms with van der Waals surface area (Å²) in [4.78, 5) is 8.07. The summed E-state index contributed by atoms with van der Waals surface area (Å²) in [6, 6.07) is 4.32. The van der Waals surface area contributed by atoms with Crippen LogP contribution < -0.4 is 16.6 Å². The first kappa shape index (κ1) is 11.7. The van der Waals surface area contributed by atoms with Crippen molar-refractivity contribution in [2.45, 2.75) is 0 Å². The molecule has 17 heavy (non-hydrogen) atoms. The molecule has 0 unspecified atom stereocenters. The molecule has 4 N–H and O–H groups in total. The summed E-state index contributed by atoms with van der Waals surface area (Å²) in [5.74, 6) is 5.85. The highest BCUT2D eigenvalue weighted by Gasteiger charge is 2.03. The number of nitrogens with zero attached hydrogens (tertiary/aromatic N) is 2. The lowest BCUT2D eigenvalue weighted by atomic mass is 10.3. The monoisotopic (exact) mass is 297 g/mol. The molecule has 0 aliphatic carbocycles. The van der Waals surface area contributed by atoms with E-state index in [1.807, 2.05) is 0 Å². The van der Waals surface area contributed by atoms with Crippen molar-refractivity contribution < 1.29 is 4.39 Å². The average Bonchev–Trinajstić information content (AvgIpc) is 2.33. The molecule has 0 saturated carbocycles. The Kier molecular flexibility index (Phi) is 3.50. The third-order valence-corrected chi connectivity index (χ3v) is 2.63. The smallest absolute Gasteiger partial charge is 0.160 e. The van der Waals surface area contributed by atoms with Gasteiger partial charge >= 0.3 is 0 Å². The minimum Gasteiger partial charge on any atom is -0.338 e. The van der Waals surface area contributed by atoms with Crippen LogP contribution in [0.4, 0.5) is 21.7 Å². The molecule has 0 amide bonds. The van der Waals surface area contributed by atoms with Crippen molar-refractivity contribution in [3.05, 3.63) is 40.9 Å². The summed E-state index contributed by atoms with van der Waals surface area (Å²) in [6.07, 6.45) is 3.03. The molecule has 1 aromatic carbocycles. The Morgan fingerprint density at radius 3 is 2.71 bits per heavy atom. The highest BCUT2D eigenvalue weighted by atomic mass is 79.9. The molecular weight excluding hydrogens is 289 g/mol. The topological polar surface area (TPSA) is 75.9 Å². The normalized spacial score (nSPS) is 10.1. The van der Waals surface area contributed by atoms with Crippen molar-refractivity contribution in [1.29, 1.82) is 0 Å². The van der Waals surface area contributed by atoms with Crippen molar-refractivity contribution in [3.8, 4) is 0 Å². The van der Waals surface area contributed by atoms with E-state index in [0.29, 0.717) is 21.8 Å². The molecule has 0 saturated heterocycles. The van der Waals surface area contributed by atoms with E-state index in [1.54, 1.807) is 6.07 Å². The van der Waals surface area contributed by atoms with Gasteiger partial charge in [-0.15, -0.1) is 0 Å². The number of benzene rings is 1. The molecule has 1 heterocycles. The van der Waals surface area contributed by atoms with E-state index in [9.17, 15) is 4.39 Å². The van der Waals surface area contributed by atoms with E-state index in [4.69, 9.17) is 5.84 Å². The predicted octanol–water partition coefficient (Wildman–Crippen LogP) is 2.41. The van der Waals surface area contributed by atoms with Crippen molar-refractivity contribution in [1.82, 2.24) is 9.97 Å². The number of nitrogens with two attached hydrogens (primary N) is 1. The van der Waals surface area contributed by atoms with Gasteiger partial charge in [-0.05, 0) is 34.1 Å². The second kappa shape index (κ2) is 5.07. The zero-order chi connectivity index (χ0) is 12.3. The number of hydrogen-bond acceptors (Lipinski definition) is 5. The number of halogens is 2. The molecule has 2 rings (SSSR count). The highest BCUT2D eigenvalue weighted by Crippen LogP contribution is 2.25. The average molecular weight is 298 g/mol. The first-order chi connectivity index (χ1) is 8.19. The van der Waals surface area contributed by atoms with E-state index >= 15 is 0 Å². The zero-order valence-electron chi connectivity index (χ0n) is 8.61. The summed E-state index contributed by atoms with van der Waals surface area (Å²) >= 11 is 3.25. The number of aromatic nitrogens is 2. The fourth-order valence-corrected chi connectivity index (χ4v) is 1.67. The summed E-state index contributed by atoms with van der Waals surface area (Å²) in [5.41, 5.74) is 3.08. The minimum atomic E-state index is -0.314. The summed E-state index contributed by atoms with van der Waals surface area (Å²) in [6.45, 7) is 0. The Balaban J connectivity index is 2.25. The molecule has 0 radical (unpaired) electrons. The number of anilines is 3. The lowest BCUT2D eigenvalue weighted by Crippen LogP contribution is -2.09. The SMILES string of the molecule is NNc1cncc(Nc2ccc(F)cc2Br)n1. The van der Waals surface area contributed by atoms with Crippen LogP contribution in [0.25, 0.3) is 0 Å². The molecule has 5 nitrogen and oxygen atoms in total. The van der Waals surface area contributed by atoms with Crippen LogP contribution in [0.5, 0.6) is 0 Å². The first-order valence-electron chi connectivity index (χ1n) is 4.70. The fourth-order valence-electron chi connectivity index (χ4n) is 1.22. The molecule has 0 spiro atoms. The molecule has 2 aromatic rings. The molecule has 0 fully saturated rings. The molecule has 0 atom stereocenters. The Morgan fingerprint density at radius 2 is 2.00 bits per heavy atom. The van der Waals surface area contributed by atoms with E-state index < -0.39 is 0 Å². The molecule has 88 valence electrons. The van der Waals surface area contributed by atoms with Crippen LogP contribution in [-0.4, -0.2) is 9.97 Å². The van der Waals surface area contributed by atoms with Crippen LogP contribution in [0.2, 0.25) is 0 Å². The second-order valence-electron chi connectivity index (χ2n) is 3.18. The maximum absolute atomic E-state index is 12.9. The first-order valence-corrected chi connectivity index (χ1v) is 5.49. The highest BCUT2D eigenvalue weighted by molar-refractivity contribution is 9.10. The molecule has 7 heteroatoms. The third kappa shape index (κ3) is 2.89. The Morgan fingerprint density at radius 1 is 1.24 bits per heavy atom. The standard InChI is InChI=1S/C10H9BrFN5/c11-7-3-6(12)1-2-8(7)15-9-4-14-5-10(16-9)17-13/h1-5H,13H2,(H2,15,16,17). The number of hydrazine groups is 1. The summed E-state index contributed by atoms with van der Waals surface area (Å²) in [7, 11) is 0. The van der Waals surface area contributed by atoms with Gasteiger partial charge in [0.05, 0.1) is 18.1 Å². The maximum atomic E-state index is 12.9. The van der Waals surface area contributed by atoms with Gasteiger partial charge in [0, 0.05) is 4.47 Å². The number of rotatable bonds is 3. The zero-order valence-corrected chi connectivity index (χ0v) is 10.2. The van der Waals surface area contributed by atoms with Crippen LogP contribution in [-0.2, 0) is 0 Å². The summed E-state index contributed by atoms with van der Waals surface area (Å²) < 4.78 is 13.5. The Labute approximate surface area is 105 Å². The number of hydrogen-bond donors (Lipinski definition) is 3. The lowest BCUT2D eigenvalue weighted by Gasteiger charge is -2.08. The molecule has 0 bridgehead atoms. The number of nitrogen functional groups attached to an aromatic ring is 1. The third-order valence-electron chi connectivity index (χ3n) is 1.98. The van der Waals surface area contributed by atoms with Crippen molar-refractivity contribution in [3.63, 3.8) is 0 Å². The van der Waals surface area contributed by atoms with E-state index in [1.165, 1.54) is 24.5 Å². The van der Waals surface area contributed by atoms with Gasteiger partial charge in [-0.1, -0.05) is 0 Å². The molecule has 1 aromatic heterocycles. The van der Waals surface area contributed by atoms with Gasteiger partial charge in [0.15, 0.2) is 11.6 Å². The van der Waals surface area contributed by atoms with Gasteiger partial charge in [-0.3, -0.25) is 4.98 Å². The maximum Gasteiger partial charge on any atom is 0.160 e. The second-order valence-corrected chi connectivity index (χ2v) is 4.04. The van der Waals surface area contributed by atoms with E-state index in [-0.39, 0.29) is 5.82 Å². The van der Waals surface area contributed by atoms with E-state index in [0.717, 1.165) is 0 Å². The van der Waals surface area contributed by atoms with Gasteiger partial charge < -0.3 is 10.7 Å². The van der Waals surface area contributed by atoms with Gasteiger partial charge in [-0.25, -0.2) is 15.2 Å². The van der Waals surface area contributed by atoms with Gasteiger partial charge in [-0.2, -0.15) is 0 Å². The van der Waals surface area contributed by atoms with E-state index in [2.05, 4.69) is 36.6 Å². The quantitative estimate of drug-likeness (QED) is 0.599. The Bertz CT molecular complexity index is 534. The molecule has 0 aliphatic heterocycles. The van der Waals surface area contributed by atoms with Crippen molar-refractivity contribution in [2.75, 3.05) is 10.7 Å². The number of nitrogens with one attached hydrogen (secondary N) is 2. The largest absolute Gasteiger partial charge is 0.338 e. The van der Waals surface area contributed by atoms with Crippen LogP contribution in [0.3, 0.4) is 0 Å². The molecule has 0 aliphatic rings. The van der Waals surface area contributed by atoms with Crippen molar-refractivity contribution in [2.24, 2.45) is 5.84 Å². The van der Waals surface area contributed by atoms with Crippen molar-refractivity contribution >= 4 is 33.3 Å². The van der Waals surface area contributed by atoms with Gasteiger partial charge in [0.1, 0.15) is 5.82 Å². The van der Waals surface area contributed by atoms with Crippen LogP contribution in [0, 0.1) is 5.82 Å². The molecular formula is C10H9BrFN5. The van der Waals surface area contributed by atoms with Gasteiger partial charge in [0.25, 0.3) is 0 Å².